The summed E-state index contributed by atoms with van der Waals surface area (Å²) in [5, 5.41) is 3.07. The Balaban J connectivity index is 2.28. The molecule has 1 N–H and O–H groups in total. The summed E-state index contributed by atoms with van der Waals surface area (Å²) in [5.74, 6) is 1.07. The van der Waals surface area contributed by atoms with E-state index in [2.05, 4.69) is 16.4 Å². The Morgan fingerprint density at radius 1 is 1.50 bits per heavy atom. The molecule has 4 nitrogen and oxygen atoms in total. The van der Waals surface area contributed by atoms with Gasteiger partial charge >= 0.3 is 0 Å². The fraction of sp³-hybridized carbons (Fsp3) is 0.571. The van der Waals surface area contributed by atoms with Crippen molar-refractivity contribution in [2.45, 2.75) is 39.2 Å². The van der Waals surface area contributed by atoms with E-state index >= 15 is 0 Å². The second kappa shape index (κ2) is 5.38. The molecule has 18 heavy (non-hydrogen) atoms. The van der Waals surface area contributed by atoms with Gasteiger partial charge in [0.25, 0.3) is 0 Å². The predicted octanol–water partition coefficient (Wildman–Crippen LogP) is 2.51. The molecule has 0 aliphatic carbocycles. The molecule has 0 radical (unpaired) electrons. The van der Waals surface area contributed by atoms with Gasteiger partial charge in [-0.25, -0.2) is 4.98 Å². The Morgan fingerprint density at radius 2 is 2.28 bits per heavy atom. The van der Waals surface area contributed by atoms with Crippen LogP contribution in [0.1, 0.15) is 43.4 Å². The Hall–Kier alpha value is -1.58. The molecular formula is C14H21N3O. The van der Waals surface area contributed by atoms with Crippen LogP contribution in [0.3, 0.4) is 0 Å². The van der Waals surface area contributed by atoms with Crippen molar-refractivity contribution in [1.82, 2.24) is 9.88 Å². The monoisotopic (exact) mass is 247 g/mol. The van der Waals surface area contributed by atoms with Gasteiger partial charge in [0.2, 0.25) is 5.91 Å². The molecule has 0 unspecified atom stereocenters. The van der Waals surface area contributed by atoms with E-state index in [4.69, 9.17) is 0 Å². The van der Waals surface area contributed by atoms with Gasteiger partial charge in [-0.3, -0.25) is 4.79 Å². The van der Waals surface area contributed by atoms with Gasteiger partial charge in [0.15, 0.2) is 0 Å². The summed E-state index contributed by atoms with van der Waals surface area (Å²) in [7, 11) is 1.87. The number of pyridine rings is 1. The summed E-state index contributed by atoms with van der Waals surface area (Å²) >= 11 is 0. The number of nitrogens with zero attached hydrogens (tertiary/aromatic N) is 2. The smallest absolute Gasteiger partial charge is 0.219 e. The number of aryl methyl sites for hydroxylation is 1. The number of likely N-dealkylation sites (tertiary alicyclic amines) is 1. The molecule has 1 aromatic heterocycles. The highest BCUT2D eigenvalue weighted by molar-refractivity contribution is 5.74. The quantitative estimate of drug-likeness (QED) is 0.873. The largest absolute Gasteiger partial charge is 0.373 e. The van der Waals surface area contributed by atoms with E-state index in [1.165, 1.54) is 6.42 Å². The first-order valence-corrected chi connectivity index (χ1v) is 6.55. The molecule has 1 atom stereocenters. The number of piperidine rings is 1. The minimum atomic E-state index is 0.162. The molecule has 1 amide bonds. The molecule has 0 saturated carbocycles. The van der Waals surface area contributed by atoms with Gasteiger partial charge in [0.05, 0.1) is 6.04 Å². The van der Waals surface area contributed by atoms with Crippen molar-refractivity contribution in [3.63, 3.8) is 0 Å². The van der Waals surface area contributed by atoms with Crippen LogP contribution in [0.25, 0.3) is 0 Å². The molecule has 4 heteroatoms. The average Bonchev–Trinajstić information content (AvgIpc) is 2.38. The van der Waals surface area contributed by atoms with Crippen molar-refractivity contribution in [1.29, 1.82) is 0 Å². The number of anilines is 1. The van der Waals surface area contributed by atoms with Gasteiger partial charge in [-0.15, -0.1) is 0 Å². The van der Waals surface area contributed by atoms with Crippen LogP contribution < -0.4 is 5.32 Å². The lowest BCUT2D eigenvalue weighted by molar-refractivity contribution is -0.132. The summed E-state index contributed by atoms with van der Waals surface area (Å²) in [5.41, 5.74) is 2.28. The van der Waals surface area contributed by atoms with Gasteiger partial charge in [-0.1, -0.05) is 0 Å². The van der Waals surface area contributed by atoms with Gasteiger partial charge in [-0.05, 0) is 43.4 Å². The molecule has 0 spiro atoms. The Labute approximate surface area is 108 Å². The van der Waals surface area contributed by atoms with E-state index in [1.54, 1.807) is 6.92 Å². The standard InChI is InChI=1S/C14H21N3O/c1-10-8-12(9-16-14(10)15-3)13-6-4-5-7-17(13)11(2)18/h8-9,13H,4-7H2,1-3H3,(H,15,16)/t13-/m0/s1. The van der Waals surface area contributed by atoms with Crippen LogP contribution in [0, 0.1) is 6.92 Å². The number of nitrogens with one attached hydrogen (secondary N) is 1. The lowest BCUT2D eigenvalue weighted by Gasteiger charge is -2.35. The van der Waals surface area contributed by atoms with Crippen LogP contribution in [-0.2, 0) is 4.79 Å². The van der Waals surface area contributed by atoms with Crippen LogP contribution >= 0.6 is 0 Å². The number of hydrogen-bond donors (Lipinski definition) is 1. The van der Waals surface area contributed by atoms with Gasteiger partial charge in [0, 0.05) is 26.7 Å². The van der Waals surface area contributed by atoms with Gasteiger partial charge < -0.3 is 10.2 Å². The summed E-state index contributed by atoms with van der Waals surface area (Å²) in [6.07, 6.45) is 5.22. The molecule has 2 rings (SSSR count). The fourth-order valence-electron chi connectivity index (χ4n) is 2.70. The number of rotatable bonds is 2. The molecule has 98 valence electrons. The Kier molecular flexibility index (Phi) is 3.84. The summed E-state index contributed by atoms with van der Waals surface area (Å²) in [4.78, 5) is 18.1. The summed E-state index contributed by atoms with van der Waals surface area (Å²) < 4.78 is 0. The van der Waals surface area contributed by atoms with Crippen LogP contribution in [-0.4, -0.2) is 29.4 Å². The highest BCUT2D eigenvalue weighted by Crippen LogP contribution is 2.31. The Bertz CT molecular complexity index is 445. The van der Waals surface area contributed by atoms with E-state index in [0.29, 0.717) is 0 Å². The highest BCUT2D eigenvalue weighted by Gasteiger charge is 2.26. The average molecular weight is 247 g/mol. The minimum absolute atomic E-state index is 0.162. The molecule has 1 saturated heterocycles. The summed E-state index contributed by atoms with van der Waals surface area (Å²) in [6.45, 7) is 4.57. The number of hydrogen-bond acceptors (Lipinski definition) is 3. The maximum absolute atomic E-state index is 11.7. The normalized spacial score (nSPS) is 19.7. The van der Waals surface area contributed by atoms with Gasteiger partial charge in [0.1, 0.15) is 5.82 Å². The zero-order chi connectivity index (χ0) is 13.1. The second-order valence-electron chi connectivity index (χ2n) is 4.91. The number of carbonyl (C=O) groups is 1. The van der Waals surface area contributed by atoms with Crippen LogP contribution in [0.4, 0.5) is 5.82 Å². The Morgan fingerprint density at radius 3 is 2.89 bits per heavy atom. The van der Waals surface area contributed by atoms with Crippen molar-refractivity contribution >= 4 is 11.7 Å². The van der Waals surface area contributed by atoms with Crippen LogP contribution in [0.2, 0.25) is 0 Å². The molecule has 0 aromatic carbocycles. The first-order chi connectivity index (χ1) is 8.63. The van der Waals surface area contributed by atoms with E-state index in [0.717, 1.165) is 36.3 Å². The van der Waals surface area contributed by atoms with Crippen molar-refractivity contribution in [2.24, 2.45) is 0 Å². The van der Waals surface area contributed by atoms with E-state index in [9.17, 15) is 4.79 Å². The zero-order valence-corrected chi connectivity index (χ0v) is 11.4. The van der Waals surface area contributed by atoms with Crippen LogP contribution in [0.5, 0.6) is 0 Å². The molecule has 1 aliphatic rings. The fourth-order valence-corrected chi connectivity index (χ4v) is 2.70. The summed E-state index contributed by atoms with van der Waals surface area (Å²) in [6, 6.07) is 2.35. The maximum atomic E-state index is 11.7. The van der Waals surface area contributed by atoms with Crippen molar-refractivity contribution in [3.8, 4) is 0 Å². The van der Waals surface area contributed by atoms with Crippen molar-refractivity contribution in [3.05, 3.63) is 23.4 Å². The van der Waals surface area contributed by atoms with Crippen molar-refractivity contribution in [2.75, 3.05) is 18.9 Å². The van der Waals surface area contributed by atoms with E-state index in [1.807, 2.05) is 25.1 Å². The number of carbonyl (C=O) groups excluding carboxylic acids is 1. The zero-order valence-electron chi connectivity index (χ0n) is 11.4. The molecule has 1 aliphatic heterocycles. The molecular weight excluding hydrogens is 226 g/mol. The number of aromatic nitrogens is 1. The van der Waals surface area contributed by atoms with Gasteiger partial charge in [-0.2, -0.15) is 0 Å². The molecule has 1 fully saturated rings. The van der Waals surface area contributed by atoms with Crippen molar-refractivity contribution < 1.29 is 4.79 Å². The third-order valence-corrected chi connectivity index (χ3v) is 3.63. The lowest BCUT2D eigenvalue weighted by atomic mass is 9.95. The predicted molar refractivity (Wildman–Crippen MR) is 72.5 cm³/mol. The molecule has 1 aromatic rings. The molecule has 0 bridgehead atoms. The third kappa shape index (κ3) is 2.47. The lowest BCUT2D eigenvalue weighted by Crippen LogP contribution is -2.37. The first kappa shape index (κ1) is 12.9. The minimum Gasteiger partial charge on any atom is -0.373 e. The first-order valence-electron chi connectivity index (χ1n) is 6.55. The maximum Gasteiger partial charge on any atom is 0.219 e. The SMILES string of the molecule is CNc1ncc([C@@H]2CCCCN2C(C)=O)cc1C. The highest BCUT2D eigenvalue weighted by atomic mass is 16.2. The third-order valence-electron chi connectivity index (χ3n) is 3.63. The van der Waals surface area contributed by atoms with E-state index in [-0.39, 0.29) is 11.9 Å². The second-order valence-corrected chi connectivity index (χ2v) is 4.91. The molecule has 2 heterocycles. The topological polar surface area (TPSA) is 45.2 Å². The number of amides is 1. The van der Waals surface area contributed by atoms with E-state index < -0.39 is 0 Å². The van der Waals surface area contributed by atoms with Crippen LogP contribution in [0.15, 0.2) is 12.3 Å².